The molecule has 0 bridgehead atoms. The summed E-state index contributed by atoms with van der Waals surface area (Å²) >= 11 is 0. The van der Waals surface area contributed by atoms with Crippen molar-refractivity contribution >= 4 is 10.9 Å². The molecule has 2 aromatic heterocycles. The van der Waals surface area contributed by atoms with Crippen LogP contribution in [0.4, 0.5) is 4.39 Å². The van der Waals surface area contributed by atoms with E-state index in [4.69, 9.17) is 4.52 Å². The van der Waals surface area contributed by atoms with Crippen LogP contribution < -0.4 is 10.9 Å². The molecule has 0 saturated heterocycles. The lowest BCUT2D eigenvalue weighted by atomic mass is 10.1. The Morgan fingerprint density at radius 3 is 3.00 bits per heavy atom. The first-order valence-electron chi connectivity index (χ1n) is 6.89. The van der Waals surface area contributed by atoms with Gasteiger partial charge in [-0.25, -0.2) is 4.39 Å². The number of nitrogens with zero attached hydrogens (tertiary/aromatic N) is 2. The van der Waals surface area contributed by atoms with Gasteiger partial charge in [0.05, 0.1) is 11.1 Å². The molecule has 6 nitrogen and oxygen atoms in total. The Morgan fingerprint density at radius 2 is 2.23 bits per heavy atom. The average molecular weight is 302 g/mol. The number of nitrogens with one attached hydrogen (secondary N) is 2. The monoisotopic (exact) mass is 302 g/mol. The van der Waals surface area contributed by atoms with E-state index in [1.54, 1.807) is 6.07 Å². The first-order valence-corrected chi connectivity index (χ1v) is 6.89. The Hall–Kier alpha value is -2.54. The highest BCUT2D eigenvalue weighted by Crippen LogP contribution is 2.25. The van der Waals surface area contributed by atoms with Gasteiger partial charge in [-0.15, -0.1) is 0 Å². The van der Waals surface area contributed by atoms with Gasteiger partial charge in [-0.1, -0.05) is 5.16 Å². The van der Waals surface area contributed by atoms with Crippen LogP contribution in [0.25, 0.3) is 22.4 Å². The molecule has 7 heteroatoms. The predicted octanol–water partition coefficient (Wildman–Crippen LogP) is 1.87. The smallest absolute Gasteiger partial charge is 0.258 e. The zero-order valence-electron chi connectivity index (χ0n) is 12.2. The Kier molecular flexibility index (Phi) is 3.72. The summed E-state index contributed by atoms with van der Waals surface area (Å²) in [5.41, 5.74) is 0.539. The van der Waals surface area contributed by atoms with E-state index in [0.717, 1.165) is 0 Å². The van der Waals surface area contributed by atoms with Gasteiger partial charge >= 0.3 is 0 Å². The highest BCUT2D eigenvalue weighted by atomic mass is 19.1. The SMILES string of the molecule is CNC(C)Cc1noc(-c2cc(=O)[nH]c3cc(F)ccc23)n1. The number of aromatic nitrogens is 3. The minimum atomic E-state index is -0.422. The van der Waals surface area contributed by atoms with Crippen molar-refractivity contribution in [1.29, 1.82) is 0 Å². The van der Waals surface area contributed by atoms with Crippen LogP contribution >= 0.6 is 0 Å². The number of halogens is 1. The third-order valence-corrected chi connectivity index (χ3v) is 3.49. The van der Waals surface area contributed by atoms with Crippen LogP contribution in [0.3, 0.4) is 0 Å². The molecule has 1 atom stereocenters. The van der Waals surface area contributed by atoms with E-state index in [-0.39, 0.29) is 17.5 Å². The molecule has 0 spiro atoms. The molecule has 0 aliphatic heterocycles. The van der Waals surface area contributed by atoms with Crippen molar-refractivity contribution in [2.24, 2.45) is 0 Å². The Morgan fingerprint density at radius 1 is 1.41 bits per heavy atom. The summed E-state index contributed by atoms with van der Waals surface area (Å²) in [6.45, 7) is 2.00. The highest BCUT2D eigenvalue weighted by Gasteiger charge is 2.15. The van der Waals surface area contributed by atoms with Gasteiger partial charge in [0.15, 0.2) is 5.82 Å². The van der Waals surface area contributed by atoms with E-state index in [1.807, 2.05) is 14.0 Å². The quantitative estimate of drug-likeness (QED) is 0.768. The number of likely N-dealkylation sites (N-methyl/N-ethyl adjacent to an activating group) is 1. The molecule has 1 unspecified atom stereocenters. The summed E-state index contributed by atoms with van der Waals surface area (Å²) < 4.78 is 18.6. The summed E-state index contributed by atoms with van der Waals surface area (Å²) in [5.74, 6) is 0.378. The molecule has 1 aromatic carbocycles. The fourth-order valence-electron chi connectivity index (χ4n) is 2.23. The summed E-state index contributed by atoms with van der Waals surface area (Å²) in [4.78, 5) is 18.7. The van der Waals surface area contributed by atoms with Crippen LogP contribution in [-0.4, -0.2) is 28.2 Å². The molecule has 114 valence electrons. The van der Waals surface area contributed by atoms with Crippen molar-refractivity contribution in [2.45, 2.75) is 19.4 Å². The lowest BCUT2D eigenvalue weighted by Gasteiger charge is -2.05. The third-order valence-electron chi connectivity index (χ3n) is 3.49. The molecule has 0 saturated carbocycles. The Labute approximate surface area is 125 Å². The van der Waals surface area contributed by atoms with E-state index >= 15 is 0 Å². The van der Waals surface area contributed by atoms with Crippen molar-refractivity contribution in [3.05, 3.63) is 46.3 Å². The molecule has 2 heterocycles. The standard InChI is InChI=1S/C15H15FN4O2/c1-8(17-2)5-13-19-15(22-20-13)11-7-14(21)18-12-6-9(16)3-4-10(11)12/h3-4,6-8,17H,5H2,1-2H3,(H,18,21). The van der Waals surface area contributed by atoms with Crippen molar-refractivity contribution in [1.82, 2.24) is 20.4 Å². The maximum Gasteiger partial charge on any atom is 0.258 e. The molecule has 0 fully saturated rings. The zero-order valence-corrected chi connectivity index (χ0v) is 12.2. The second kappa shape index (κ2) is 5.69. The molecule has 3 rings (SSSR count). The number of H-pyrrole nitrogens is 1. The van der Waals surface area contributed by atoms with Gasteiger partial charge in [-0.2, -0.15) is 4.98 Å². The number of pyridine rings is 1. The van der Waals surface area contributed by atoms with Crippen LogP contribution in [-0.2, 0) is 6.42 Å². The van der Waals surface area contributed by atoms with Gasteiger partial charge < -0.3 is 14.8 Å². The van der Waals surface area contributed by atoms with E-state index in [0.29, 0.717) is 28.7 Å². The van der Waals surface area contributed by atoms with Crippen LogP contribution in [0.15, 0.2) is 33.6 Å². The molecule has 0 amide bonds. The lowest BCUT2D eigenvalue weighted by Crippen LogP contribution is -2.24. The van der Waals surface area contributed by atoms with Gasteiger partial charge in [0.2, 0.25) is 5.56 Å². The predicted molar refractivity (Wildman–Crippen MR) is 80.0 cm³/mol. The molecule has 22 heavy (non-hydrogen) atoms. The van der Waals surface area contributed by atoms with Gasteiger partial charge in [0.25, 0.3) is 5.89 Å². The molecule has 0 aliphatic carbocycles. The topological polar surface area (TPSA) is 83.8 Å². The molecule has 2 N–H and O–H groups in total. The fourth-order valence-corrected chi connectivity index (χ4v) is 2.23. The first-order chi connectivity index (χ1) is 10.6. The van der Waals surface area contributed by atoms with Crippen molar-refractivity contribution in [3.63, 3.8) is 0 Å². The molecular formula is C15H15FN4O2. The van der Waals surface area contributed by atoms with Gasteiger partial charge in [0.1, 0.15) is 5.82 Å². The van der Waals surface area contributed by atoms with Crippen molar-refractivity contribution in [2.75, 3.05) is 7.05 Å². The molecule has 0 aliphatic rings. The van der Waals surface area contributed by atoms with Crippen molar-refractivity contribution < 1.29 is 8.91 Å². The van der Waals surface area contributed by atoms with Crippen LogP contribution in [0.1, 0.15) is 12.7 Å². The summed E-state index contributed by atoms with van der Waals surface area (Å²) in [6, 6.07) is 5.75. The van der Waals surface area contributed by atoms with Crippen molar-refractivity contribution in [3.8, 4) is 11.5 Å². The largest absolute Gasteiger partial charge is 0.334 e. The highest BCUT2D eigenvalue weighted by molar-refractivity contribution is 5.91. The Bertz CT molecular complexity index is 871. The van der Waals surface area contributed by atoms with Gasteiger partial charge in [-0.05, 0) is 32.2 Å². The maximum atomic E-state index is 13.3. The number of aromatic amines is 1. The van der Waals surface area contributed by atoms with Crippen LogP contribution in [0.5, 0.6) is 0 Å². The summed E-state index contributed by atoms with van der Waals surface area (Å²) in [7, 11) is 1.85. The van der Waals surface area contributed by atoms with Gasteiger partial charge in [-0.3, -0.25) is 4.79 Å². The summed E-state index contributed by atoms with van der Waals surface area (Å²) in [6.07, 6.45) is 0.607. The normalized spacial score (nSPS) is 12.7. The van der Waals surface area contributed by atoms with Crippen LogP contribution in [0, 0.1) is 5.82 Å². The second-order valence-corrected chi connectivity index (χ2v) is 5.15. The first kappa shape index (κ1) is 14.4. The molecular weight excluding hydrogens is 287 g/mol. The minimum Gasteiger partial charge on any atom is -0.334 e. The number of fused-ring (bicyclic) bond motifs is 1. The summed E-state index contributed by atoms with van der Waals surface area (Å²) in [5, 5.41) is 7.66. The molecule has 3 aromatic rings. The zero-order chi connectivity index (χ0) is 15.7. The number of rotatable bonds is 4. The minimum absolute atomic E-state index is 0.204. The van der Waals surface area contributed by atoms with E-state index in [1.165, 1.54) is 18.2 Å². The number of hydrogen-bond acceptors (Lipinski definition) is 5. The van der Waals surface area contributed by atoms with E-state index in [9.17, 15) is 9.18 Å². The third kappa shape index (κ3) is 2.75. The fraction of sp³-hybridized carbons (Fsp3) is 0.267. The number of benzene rings is 1. The van der Waals surface area contributed by atoms with Crippen LogP contribution in [0.2, 0.25) is 0 Å². The number of hydrogen-bond donors (Lipinski definition) is 2. The molecule has 0 radical (unpaired) electrons. The van der Waals surface area contributed by atoms with Gasteiger partial charge in [0, 0.05) is 23.9 Å². The van der Waals surface area contributed by atoms with E-state index in [2.05, 4.69) is 20.4 Å². The maximum absolute atomic E-state index is 13.3. The average Bonchev–Trinajstić information content (AvgIpc) is 2.94. The van der Waals surface area contributed by atoms with E-state index < -0.39 is 5.82 Å². The lowest BCUT2D eigenvalue weighted by molar-refractivity contribution is 0.418. The Balaban J connectivity index is 2.08. The second-order valence-electron chi connectivity index (χ2n) is 5.15.